The first-order chi connectivity index (χ1) is 14.5. The zero-order valence-electron chi connectivity index (χ0n) is 18.8. The minimum Gasteiger partial charge on any atom is -0.472 e. The molecule has 3 aliphatic carbocycles. The molecule has 6 rings (SSSR count). The molecule has 8 atom stereocenters. The topological polar surface area (TPSA) is 69.0 Å². The van der Waals surface area contributed by atoms with Crippen molar-refractivity contribution in [3.8, 4) is 0 Å². The average Bonchev–Trinajstić information content (AvgIpc) is 3.28. The molecule has 5 aliphatic rings. The van der Waals surface area contributed by atoms with Gasteiger partial charge in [0, 0.05) is 21.8 Å². The molecule has 0 unspecified atom stereocenters. The van der Waals surface area contributed by atoms with Crippen LogP contribution in [0.15, 0.2) is 47.3 Å². The highest BCUT2D eigenvalue weighted by Crippen LogP contribution is 2.78. The first-order valence-electron chi connectivity index (χ1n) is 11.4. The van der Waals surface area contributed by atoms with Crippen LogP contribution in [0.4, 0.5) is 0 Å². The summed E-state index contributed by atoms with van der Waals surface area (Å²) in [7, 11) is 0. The third-order valence-electron chi connectivity index (χ3n) is 9.88. The van der Waals surface area contributed by atoms with E-state index in [2.05, 4.69) is 52.8 Å². The Morgan fingerprint density at radius 3 is 2.52 bits per heavy atom. The van der Waals surface area contributed by atoms with E-state index < -0.39 is 23.2 Å². The number of carbonyl (C=O) groups is 2. The molecule has 1 saturated carbocycles. The van der Waals surface area contributed by atoms with E-state index in [-0.39, 0.29) is 39.8 Å². The molecule has 0 bridgehead atoms. The van der Waals surface area contributed by atoms with Gasteiger partial charge in [-0.05, 0) is 42.2 Å². The van der Waals surface area contributed by atoms with Gasteiger partial charge < -0.3 is 13.9 Å². The summed E-state index contributed by atoms with van der Waals surface area (Å²) < 4.78 is 17.7. The van der Waals surface area contributed by atoms with E-state index in [1.54, 1.807) is 18.6 Å². The SMILES string of the molecule is CC1(C)C(=O)C=C[C@]2(C)[C@@H]1C=C[C@]1(C)[C@@H]2CC[C@@]2(C)[C@H](c3ccoc3)OC(=O)[C@H]3O[C@@]321. The van der Waals surface area contributed by atoms with Gasteiger partial charge in [0.1, 0.15) is 11.7 Å². The van der Waals surface area contributed by atoms with Gasteiger partial charge in [-0.1, -0.05) is 52.8 Å². The summed E-state index contributed by atoms with van der Waals surface area (Å²) in [5.74, 6) is 0.283. The highest BCUT2D eigenvalue weighted by Gasteiger charge is 2.85. The van der Waals surface area contributed by atoms with Crippen LogP contribution < -0.4 is 0 Å². The molecule has 2 saturated heterocycles. The number of furan rings is 1. The maximum atomic E-state index is 13.0. The lowest BCUT2D eigenvalue weighted by Gasteiger charge is -2.64. The molecule has 0 radical (unpaired) electrons. The summed E-state index contributed by atoms with van der Waals surface area (Å²) in [5.41, 5.74) is -1.08. The molecule has 1 spiro atoms. The van der Waals surface area contributed by atoms with Gasteiger partial charge >= 0.3 is 5.97 Å². The Balaban J connectivity index is 1.52. The number of esters is 1. The fourth-order valence-electron chi connectivity index (χ4n) is 8.29. The van der Waals surface area contributed by atoms with E-state index >= 15 is 0 Å². The molecule has 0 amide bonds. The summed E-state index contributed by atoms with van der Waals surface area (Å²) >= 11 is 0. The van der Waals surface area contributed by atoms with E-state index in [9.17, 15) is 9.59 Å². The molecule has 0 aromatic carbocycles. The van der Waals surface area contributed by atoms with Gasteiger partial charge in [-0.25, -0.2) is 4.79 Å². The van der Waals surface area contributed by atoms with Crippen molar-refractivity contribution in [2.45, 2.75) is 65.3 Å². The standard InChI is InChI=1S/C26H30O5/c1-22(2)16-6-11-24(4)17(23(16,3)10-8-18(22)27)7-12-25(5)19(15-9-13-29-14-15)30-21(28)20-26(24,25)31-20/h6,8-11,13-14,16-17,19-20H,7,12H2,1-5H3/t16-,17-,19+,20-,23-,24-,25+,26-/m1/s1. The minimum absolute atomic E-state index is 0.119. The second-order valence-electron chi connectivity index (χ2n) is 11.5. The van der Waals surface area contributed by atoms with Gasteiger partial charge in [0.05, 0.1) is 12.5 Å². The number of ether oxygens (including phenoxy) is 2. The zero-order valence-corrected chi connectivity index (χ0v) is 18.8. The number of fused-ring (bicyclic) bond motifs is 3. The van der Waals surface area contributed by atoms with E-state index in [0.29, 0.717) is 0 Å². The molecule has 31 heavy (non-hydrogen) atoms. The number of hydrogen-bond acceptors (Lipinski definition) is 5. The number of ketones is 1. The van der Waals surface area contributed by atoms with Crippen LogP contribution in [0.5, 0.6) is 0 Å². The van der Waals surface area contributed by atoms with Crippen LogP contribution in [-0.2, 0) is 19.1 Å². The molecule has 164 valence electrons. The zero-order chi connectivity index (χ0) is 22.0. The molecule has 3 heterocycles. The lowest BCUT2D eigenvalue weighted by atomic mass is 9.38. The van der Waals surface area contributed by atoms with E-state index in [4.69, 9.17) is 13.9 Å². The van der Waals surface area contributed by atoms with Crippen molar-refractivity contribution in [1.29, 1.82) is 0 Å². The van der Waals surface area contributed by atoms with Crippen LogP contribution in [-0.4, -0.2) is 23.5 Å². The van der Waals surface area contributed by atoms with E-state index in [1.165, 1.54) is 0 Å². The van der Waals surface area contributed by atoms with Crippen LogP contribution in [0.1, 0.15) is 59.1 Å². The molecule has 5 heteroatoms. The average molecular weight is 423 g/mol. The molecule has 0 N–H and O–H groups in total. The van der Waals surface area contributed by atoms with Gasteiger partial charge in [0.2, 0.25) is 0 Å². The summed E-state index contributed by atoms with van der Waals surface area (Å²) in [6, 6.07) is 1.89. The van der Waals surface area contributed by atoms with E-state index in [0.717, 1.165) is 18.4 Å². The molecule has 5 nitrogen and oxygen atoms in total. The Morgan fingerprint density at radius 1 is 1.03 bits per heavy atom. The fraction of sp³-hybridized carbons (Fsp3) is 0.615. The Labute approximate surface area is 182 Å². The first-order valence-corrected chi connectivity index (χ1v) is 11.4. The van der Waals surface area contributed by atoms with Crippen molar-refractivity contribution in [2.24, 2.45) is 33.5 Å². The second kappa shape index (κ2) is 5.43. The van der Waals surface area contributed by atoms with Crippen molar-refractivity contribution in [2.75, 3.05) is 0 Å². The third kappa shape index (κ3) is 1.95. The summed E-state index contributed by atoms with van der Waals surface area (Å²) in [6.45, 7) is 10.9. The second-order valence-corrected chi connectivity index (χ2v) is 11.5. The van der Waals surface area contributed by atoms with Gasteiger partial charge in [0.15, 0.2) is 11.9 Å². The van der Waals surface area contributed by atoms with Crippen molar-refractivity contribution < 1.29 is 23.5 Å². The normalized spacial score (nSPS) is 51.3. The lowest BCUT2D eigenvalue weighted by Crippen LogP contribution is -2.66. The number of allylic oxidation sites excluding steroid dienone is 3. The van der Waals surface area contributed by atoms with Crippen molar-refractivity contribution in [3.05, 3.63) is 48.5 Å². The third-order valence-corrected chi connectivity index (χ3v) is 9.88. The van der Waals surface area contributed by atoms with Gasteiger partial charge in [-0.15, -0.1) is 0 Å². The molecular weight excluding hydrogens is 392 g/mol. The summed E-state index contributed by atoms with van der Waals surface area (Å²) in [6.07, 6.45) is 12.7. The largest absolute Gasteiger partial charge is 0.472 e. The number of hydrogen-bond donors (Lipinski definition) is 0. The van der Waals surface area contributed by atoms with Crippen LogP contribution in [0.2, 0.25) is 0 Å². The monoisotopic (exact) mass is 422 g/mol. The summed E-state index contributed by atoms with van der Waals surface area (Å²) in [5, 5.41) is 0. The number of rotatable bonds is 1. The minimum atomic E-state index is -0.621. The molecule has 1 aromatic heterocycles. The predicted molar refractivity (Wildman–Crippen MR) is 113 cm³/mol. The van der Waals surface area contributed by atoms with Crippen LogP contribution in [0, 0.1) is 33.5 Å². The summed E-state index contributed by atoms with van der Waals surface area (Å²) in [4.78, 5) is 25.7. The maximum Gasteiger partial charge on any atom is 0.339 e. The number of cyclic esters (lactones) is 1. The Morgan fingerprint density at radius 2 is 1.81 bits per heavy atom. The fourth-order valence-corrected chi connectivity index (χ4v) is 8.29. The number of carbonyl (C=O) groups excluding carboxylic acids is 2. The predicted octanol–water partition coefficient (Wildman–Crippen LogP) is 4.80. The molecule has 2 aliphatic heterocycles. The van der Waals surface area contributed by atoms with Gasteiger partial charge in [-0.2, -0.15) is 0 Å². The Kier molecular flexibility index (Phi) is 3.42. The van der Waals surface area contributed by atoms with Crippen LogP contribution in [0.3, 0.4) is 0 Å². The molecular formula is C26H30O5. The van der Waals surface area contributed by atoms with E-state index in [1.807, 2.05) is 6.07 Å². The highest BCUT2D eigenvalue weighted by molar-refractivity contribution is 5.96. The molecule has 1 aromatic rings. The highest BCUT2D eigenvalue weighted by atomic mass is 16.7. The Hall–Kier alpha value is -2.14. The first kappa shape index (κ1) is 19.5. The number of epoxide rings is 1. The van der Waals surface area contributed by atoms with Crippen molar-refractivity contribution in [1.82, 2.24) is 0 Å². The van der Waals surface area contributed by atoms with Crippen LogP contribution in [0.25, 0.3) is 0 Å². The molecule has 3 fully saturated rings. The Bertz CT molecular complexity index is 1050. The smallest absolute Gasteiger partial charge is 0.339 e. The quantitative estimate of drug-likeness (QED) is 0.370. The van der Waals surface area contributed by atoms with Crippen molar-refractivity contribution >= 4 is 11.8 Å². The lowest BCUT2D eigenvalue weighted by molar-refractivity contribution is -0.191. The van der Waals surface area contributed by atoms with Gasteiger partial charge in [0.25, 0.3) is 0 Å². The van der Waals surface area contributed by atoms with Crippen LogP contribution >= 0.6 is 0 Å². The van der Waals surface area contributed by atoms with Gasteiger partial charge in [-0.3, -0.25) is 4.79 Å². The van der Waals surface area contributed by atoms with Crippen molar-refractivity contribution in [3.63, 3.8) is 0 Å². The maximum absolute atomic E-state index is 13.0.